The minimum atomic E-state index is -0.226. The predicted octanol–water partition coefficient (Wildman–Crippen LogP) is 3.80. The highest BCUT2D eigenvalue weighted by Gasteiger charge is 2.39. The van der Waals surface area contributed by atoms with Gasteiger partial charge in [0.05, 0.1) is 11.5 Å². The van der Waals surface area contributed by atoms with Crippen molar-refractivity contribution in [1.82, 2.24) is 10.6 Å². The molecule has 1 saturated heterocycles. The van der Waals surface area contributed by atoms with E-state index in [0.717, 1.165) is 48.8 Å². The van der Waals surface area contributed by atoms with Gasteiger partial charge in [-0.1, -0.05) is 41.4 Å². The molecule has 1 amide bonds. The van der Waals surface area contributed by atoms with Crippen LogP contribution in [0.25, 0.3) is 0 Å². The second kappa shape index (κ2) is 7.41. The molecule has 0 aliphatic carbocycles. The molecule has 1 heterocycles. The maximum Gasteiger partial charge on any atom is 0.227 e. The molecule has 2 atom stereocenters. The summed E-state index contributed by atoms with van der Waals surface area (Å²) in [6.45, 7) is 6.04. The van der Waals surface area contributed by atoms with Crippen molar-refractivity contribution in [2.45, 2.75) is 45.6 Å². The highest BCUT2D eigenvalue weighted by atomic mass is 79.9. The van der Waals surface area contributed by atoms with Crippen molar-refractivity contribution in [2.24, 2.45) is 5.41 Å². The van der Waals surface area contributed by atoms with Gasteiger partial charge in [0.25, 0.3) is 0 Å². The molecule has 0 aromatic heterocycles. The van der Waals surface area contributed by atoms with Gasteiger partial charge in [0.15, 0.2) is 0 Å². The van der Waals surface area contributed by atoms with Crippen molar-refractivity contribution < 1.29 is 4.79 Å². The monoisotopic (exact) mass is 352 g/mol. The largest absolute Gasteiger partial charge is 0.349 e. The van der Waals surface area contributed by atoms with Crippen LogP contribution >= 0.6 is 15.9 Å². The Morgan fingerprint density at radius 1 is 1.43 bits per heavy atom. The van der Waals surface area contributed by atoms with Crippen LogP contribution in [0, 0.1) is 5.41 Å². The number of amides is 1. The van der Waals surface area contributed by atoms with E-state index in [9.17, 15) is 4.79 Å². The zero-order chi connectivity index (χ0) is 15.3. The molecule has 1 aromatic rings. The van der Waals surface area contributed by atoms with E-state index in [4.69, 9.17) is 0 Å². The van der Waals surface area contributed by atoms with Gasteiger partial charge in [-0.15, -0.1) is 0 Å². The molecule has 1 fully saturated rings. The predicted molar refractivity (Wildman–Crippen MR) is 90.1 cm³/mol. The Morgan fingerprint density at radius 2 is 2.14 bits per heavy atom. The first kappa shape index (κ1) is 16.5. The smallest absolute Gasteiger partial charge is 0.227 e. The Balaban J connectivity index is 2.05. The van der Waals surface area contributed by atoms with E-state index in [-0.39, 0.29) is 17.4 Å². The fourth-order valence-electron chi connectivity index (χ4n) is 3.15. The van der Waals surface area contributed by atoms with E-state index in [1.807, 2.05) is 12.1 Å². The summed E-state index contributed by atoms with van der Waals surface area (Å²) in [5.41, 5.74) is 0.915. The highest BCUT2D eigenvalue weighted by molar-refractivity contribution is 9.10. The Labute approximate surface area is 136 Å². The summed E-state index contributed by atoms with van der Waals surface area (Å²) in [7, 11) is 0. The van der Waals surface area contributed by atoms with Crippen molar-refractivity contribution >= 4 is 21.8 Å². The van der Waals surface area contributed by atoms with Crippen LogP contribution in [-0.2, 0) is 4.79 Å². The maximum absolute atomic E-state index is 12.8. The van der Waals surface area contributed by atoms with Gasteiger partial charge in [-0.05, 0) is 50.4 Å². The number of hydrogen-bond acceptors (Lipinski definition) is 2. The van der Waals surface area contributed by atoms with Crippen molar-refractivity contribution in [2.75, 3.05) is 13.1 Å². The van der Waals surface area contributed by atoms with Gasteiger partial charge < -0.3 is 10.6 Å². The summed E-state index contributed by atoms with van der Waals surface area (Å²) in [6, 6.07) is 8.19. The number of hydrogen-bond donors (Lipinski definition) is 2. The molecule has 0 spiro atoms. The lowest BCUT2D eigenvalue weighted by molar-refractivity contribution is -0.133. The molecule has 1 aromatic carbocycles. The molecule has 0 saturated carbocycles. The van der Waals surface area contributed by atoms with Gasteiger partial charge in [0.1, 0.15) is 0 Å². The summed E-state index contributed by atoms with van der Waals surface area (Å²) in [6.07, 6.45) is 4.08. The number of carbonyl (C=O) groups excluding carboxylic acids is 1. The van der Waals surface area contributed by atoms with Crippen LogP contribution in [0.4, 0.5) is 0 Å². The average molecular weight is 353 g/mol. The van der Waals surface area contributed by atoms with Gasteiger partial charge in [-0.25, -0.2) is 0 Å². The van der Waals surface area contributed by atoms with E-state index < -0.39 is 0 Å². The fraction of sp³-hybridized carbons (Fsp3) is 0.588. The van der Waals surface area contributed by atoms with E-state index in [2.05, 4.69) is 52.5 Å². The van der Waals surface area contributed by atoms with Crippen LogP contribution in [-0.4, -0.2) is 19.0 Å². The summed E-state index contributed by atoms with van der Waals surface area (Å²) >= 11 is 3.44. The molecule has 4 heteroatoms. The van der Waals surface area contributed by atoms with Crippen LogP contribution < -0.4 is 10.6 Å². The number of halogens is 1. The molecule has 116 valence electrons. The standard InChI is InChI=1S/C17H25BrN2O/c1-3-9-17(10-4-11-19-12-17)16(21)20-13(2)14-5-7-15(18)8-6-14/h5-8,13,19H,3-4,9-12H2,1-2H3,(H,20,21). The number of rotatable bonds is 5. The van der Waals surface area contributed by atoms with E-state index in [1.165, 1.54) is 0 Å². The lowest BCUT2D eigenvalue weighted by Crippen LogP contribution is -2.50. The molecular weight excluding hydrogens is 328 g/mol. The van der Waals surface area contributed by atoms with Crippen molar-refractivity contribution in [3.05, 3.63) is 34.3 Å². The molecule has 2 rings (SSSR count). The Bertz CT molecular complexity index is 461. The number of benzene rings is 1. The SMILES string of the molecule is CCCC1(C(=O)NC(C)c2ccc(Br)cc2)CCCNC1. The molecule has 2 unspecified atom stereocenters. The summed E-state index contributed by atoms with van der Waals surface area (Å²) < 4.78 is 1.06. The third kappa shape index (κ3) is 4.07. The van der Waals surface area contributed by atoms with E-state index in [0.29, 0.717) is 0 Å². The molecule has 21 heavy (non-hydrogen) atoms. The van der Waals surface area contributed by atoms with E-state index >= 15 is 0 Å². The zero-order valence-corrected chi connectivity index (χ0v) is 14.5. The number of nitrogens with one attached hydrogen (secondary N) is 2. The normalized spacial score (nSPS) is 23.6. The van der Waals surface area contributed by atoms with Crippen LogP contribution in [0.3, 0.4) is 0 Å². The third-order valence-electron chi connectivity index (χ3n) is 4.40. The molecule has 0 bridgehead atoms. The minimum Gasteiger partial charge on any atom is -0.349 e. The second-order valence-electron chi connectivity index (χ2n) is 6.06. The van der Waals surface area contributed by atoms with Gasteiger partial charge in [0.2, 0.25) is 5.91 Å². The second-order valence-corrected chi connectivity index (χ2v) is 6.97. The van der Waals surface area contributed by atoms with Crippen LogP contribution in [0.2, 0.25) is 0 Å². The first-order valence-corrected chi connectivity index (χ1v) is 8.64. The van der Waals surface area contributed by atoms with E-state index in [1.54, 1.807) is 0 Å². The van der Waals surface area contributed by atoms with Gasteiger partial charge in [-0.3, -0.25) is 4.79 Å². The summed E-state index contributed by atoms with van der Waals surface area (Å²) in [4.78, 5) is 12.8. The number of piperidine rings is 1. The fourth-order valence-corrected chi connectivity index (χ4v) is 3.42. The quantitative estimate of drug-likeness (QED) is 0.846. The molecular formula is C17H25BrN2O. The molecule has 2 N–H and O–H groups in total. The lowest BCUT2D eigenvalue weighted by atomic mass is 9.76. The first-order valence-electron chi connectivity index (χ1n) is 7.84. The van der Waals surface area contributed by atoms with Crippen LogP contribution in [0.15, 0.2) is 28.7 Å². The first-order chi connectivity index (χ1) is 10.1. The molecule has 3 nitrogen and oxygen atoms in total. The molecule has 1 aliphatic rings. The zero-order valence-electron chi connectivity index (χ0n) is 12.9. The Kier molecular flexibility index (Phi) is 5.82. The van der Waals surface area contributed by atoms with Crippen molar-refractivity contribution in [1.29, 1.82) is 0 Å². The van der Waals surface area contributed by atoms with Crippen molar-refractivity contribution in [3.63, 3.8) is 0 Å². The maximum atomic E-state index is 12.8. The summed E-state index contributed by atoms with van der Waals surface area (Å²) in [5.74, 6) is 0.201. The van der Waals surface area contributed by atoms with Crippen LogP contribution in [0.5, 0.6) is 0 Å². The minimum absolute atomic E-state index is 0.0428. The summed E-state index contributed by atoms with van der Waals surface area (Å²) in [5, 5.41) is 6.61. The van der Waals surface area contributed by atoms with Gasteiger partial charge in [-0.2, -0.15) is 0 Å². The van der Waals surface area contributed by atoms with Gasteiger partial charge >= 0.3 is 0 Å². The average Bonchev–Trinajstić information content (AvgIpc) is 2.49. The van der Waals surface area contributed by atoms with Crippen molar-refractivity contribution in [3.8, 4) is 0 Å². The highest BCUT2D eigenvalue weighted by Crippen LogP contribution is 2.32. The van der Waals surface area contributed by atoms with Gasteiger partial charge in [0, 0.05) is 11.0 Å². The number of carbonyl (C=O) groups is 1. The Morgan fingerprint density at radius 3 is 2.71 bits per heavy atom. The third-order valence-corrected chi connectivity index (χ3v) is 4.93. The van der Waals surface area contributed by atoms with Crippen LogP contribution in [0.1, 0.15) is 51.1 Å². The topological polar surface area (TPSA) is 41.1 Å². The Hall–Kier alpha value is -0.870. The molecule has 0 radical (unpaired) electrons. The molecule has 1 aliphatic heterocycles. The lowest BCUT2D eigenvalue weighted by Gasteiger charge is -2.37.